The zero-order valence-corrected chi connectivity index (χ0v) is 12.5. The molecule has 2 aliphatic rings. The third-order valence-electron chi connectivity index (χ3n) is 4.57. The molecule has 1 N–H and O–H groups in total. The van der Waals surface area contributed by atoms with E-state index in [1.54, 1.807) is 0 Å². The minimum Gasteiger partial charge on any atom is -0.494 e. The molecule has 0 heterocycles. The van der Waals surface area contributed by atoms with Gasteiger partial charge in [-0.3, -0.25) is 4.79 Å². The molecule has 2 aliphatic carbocycles. The maximum Gasteiger partial charge on any atom is 0.228 e. The number of anilines is 1. The number of rotatable bonds is 4. The monoisotopic (exact) mass is 285 g/mol. The van der Waals surface area contributed by atoms with Crippen LogP contribution in [0.25, 0.3) is 0 Å². The Labute approximate surface area is 126 Å². The molecule has 2 unspecified atom stereocenters. The average Bonchev–Trinajstić information content (AvgIpc) is 3.12. The van der Waals surface area contributed by atoms with Gasteiger partial charge in [-0.25, -0.2) is 0 Å². The summed E-state index contributed by atoms with van der Waals surface area (Å²) in [7, 11) is 0. The first-order chi connectivity index (χ1) is 10.3. The van der Waals surface area contributed by atoms with E-state index in [0.29, 0.717) is 18.4 Å². The molecule has 0 aromatic heterocycles. The molecular weight excluding hydrogens is 262 g/mol. The van der Waals surface area contributed by atoms with E-state index in [0.717, 1.165) is 37.1 Å². The van der Waals surface area contributed by atoms with Crippen molar-refractivity contribution in [3.8, 4) is 5.75 Å². The van der Waals surface area contributed by atoms with Crippen LogP contribution in [0.5, 0.6) is 5.75 Å². The second-order valence-electron chi connectivity index (χ2n) is 5.93. The number of hydrogen-bond acceptors (Lipinski definition) is 2. The van der Waals surface area contributed by atoms with E-state index in [9.17, 15) is 4.79 Å². The molecule has 0 spiro atoms. The summed E-state index contributed by atoms with van der Waals surface area (Å²) in [5, 5.41) is 3.06. The van der Waals surface area contributed by atoms with E-state index in [-0.39, 0.29) is 11.8 Å². The summed E-state index contributed by atoms with van der Waals surface area (Å²) in [5.41, 5.74) is 0.862. The zero-order valence-electron chi connectivity index (χ0n) is 12.5. The van der Waals surface area contributed by atoms with E-state index in [2.05, 4.69) is 17.5 Å². The van der Waals surface area contributed by atoms with Crippen LogP contribution in [0.2, 0.25) is 0 Å². The molecule has 0 saturated heterocycles. The second-order valence-corrected chi connectivity index (χ2v) is 5.93. The molecule has 2 atom stereocenters. The normalized spacial score (nSPS) is 28.7. The lowest BCUT2D eigenvalue weighted by Crippen LogP contribution is -2.15. The lowest BCUT2D eigenvalue weighted by Gasteiger charge is -2.07. The van der Waals surface area contributed by atoms with Gasteiger partial charge in [-0.1, -0.05) is 12.2 Å². The van der Waals surface area contributed by atoms with Crippen molar-refractivity contribution in [2.24, 2.45) is 17.8 Å². The second kappa shape index (κ2) is 6.33. The standard InChI is InChI=1S/C18H23NO2/c1-2-21-14-11-9-13(10-12-14)19-18(20)17-15-7-5-3-4-6-8-16(15)17/h3-4,9-12,15-17H,2,5-8H2,1H3,(H,19,20)/b4-3-. The van der Waals surface area contributed by atoms with Gasteiger partial charge >= 0.3 is 0 Å². The van der Waals surface area contributed by atoms with E-state index in [1.165, 1.54) is 0 Å². The van der Waals surface area contributed by atoms with E-state index in [1.807, 2.05) is 31.2 Å². The van der Waals surface area contributed by atoms with Crippen LogP contribution in [0.3, 0.4) is 0 Å². The molecular formula is C18H23NO2. The van der Waals surface area contributed by atoms with Crippen LogP contribution in [0.1, 0.15) is 32.6 Å². The number of hydrogen-bond donors (Lipinski definition) is 1. The quantitative estimate of drug-likeness (QED) is 0.849. The maximum absolute atomic E-state index is 12.4. The van der Waals surface area contributed by atoms with Crippen LogP contribution in [-0.4, -0.2) is 12.5 Å². The highest BCUT2D eigenvalue weighted by molar-refractivity contribution is 5.94. The molecule has 1 aromatic rings. The minimum atomic E-state index is 0.191. The van der Waals surface area contributed by atoms with Crippen molar-refractivity contribution in [1.82, 2.24) is 0 Å². The molecule has 0 radical (unpaired) electrons. The Morgan fingerprint density at radius 3 is 2.33 bits per heavy atom. The third kappa shape index (κ3) is 3.29. The van der Waals surface area contributed by atoms with E-state index in [4.69, 9.17) is 4.74 Å². The van der Waals surface area contributed by atoms with Crippen molar-refractivity contribution in [2.45, 2.75) is 32.6 Å². The fourth-order valence-corrected chi connectivity index (χ4v) is 3.46. The van der Waals surface area contributed by atoms with Crippen LogP contribution in [0.4, 0.5) is 5.69 Å². The highest BCUT2D eigenvalue weighted by Gasteiger charge is 2.53. The van der Waals surface area contributed by atoms with Gasteiger partial charge in [0.2, 0.25) is 5.91 Å². The number of carbonyl (C=O) groups is 1. The van der Waals surface area contributed by atoms with Crippen molar-refractivity contribution >= 4 is 11.6 Å². The molecule has 1 saturated carbocycles. The number of carbonyl (C=O) groups excluding carboxylic acids is 1. The highest BCUT2D eigenvalue weighted by Crippen LogP contribution is 2.53. The SMILES string of the molecule is CCOc1ccc(NC(=O)C2C3CC/C=C\CCC32)cc1. The summed E-state index contributed by atoms with van der Waals surface area (Å²) in [6, 6.07) is 7.63. The molecule has 3 nitrogen and oxygen atoms in total. The fourth-order valence-electron chi connectivity index (χ4n) is 3.46. The molecule has 0 bridgehead atoms. The topological polar surface area (TPSA) is 38.3 Å². The van der Waals surface area contributed by atoms with E-state index < -0.39 is 0 Å². The first-order valence-corrected chi connectivity index (χ1v) is 7.98. The Morgan fingerprint density at radius 2 is 1.76 bits per heavy atom. The van der Waals surface area contributed by atoms with E-state index >= 15 is 0 Å². The Morgan fingerprint density at radius 1 is 1.14 bits per heavy atom. The first kappa shape index (κ1) is 14.2. The third-order valence-corrected chi connectivity index (χ3v) is 4.57. The predicted molar refractivity (Wildman–Crippen MR) is 84.3 cm³/mol. The molecule has 1 amide bonds. The Balaban J connectivity index is 1.57. The largest absolute Gasteiger partial charge is 0.494 e. The predicted octanol–water partition coefficient (Wildman–Crippen LogP) is 4.02. The summed E-state index contributed by atoms with van der Waals surface area (Å²) in [6.07, 6.45) is 9.07. The van der Waals surface area contributed by atoms with Gasteiger partial charge in [-0.15, -0.1) is 0 Å². The lowest BCUT2D eigenvalue weighted by molar-refractivity contribution is -0.117. The van der Waals surface area contributed by atoms with Crippen LogP contribution in [0.15, 0.2) is 36.4 Å². The number of allylic oxidation sites excluding steroid dienone is 2. The minimum absolute atomic E-state index is 0.191. The fraction of sp³-hybridized carbons (Fsp3) is 0.500. The molecule has 21 heavy (non-hydrogen) atoms. The summed E-state index contributed by atoms with van der Waals surface area (Å²) < 4.78 is 5.41. The van der Waals surface area contributed by atoms with Crippen molar-refractivity contribution in [3.05, 3.63) is 36.4 Å². The number of fused-ring (bicyclic) bond motifs is 1. The van der Waals surface area contributed by atoms with Gasteiger partial charge in [-0.2, -0.15) is 0 Å². The number of benzene rings is 1. The van der Waals surface area contributed by atoms with Crippen LogP contribution in [-0.2, 0) is 4.79 Å². The summed E-state index contributed by atoms with van der Waals surface area (Å²) >= 11 is 0. The summed E-state index contributed by atoms with van der Waals surface area (Å²) in [5.74, 6) is 2.44. The highest BCUT2D eigenvalue weighted by atomic mass is 16.5. The van der Waals surface area contributed by atoms with Gasteiger partial charge < -0.3 is 10.1 Å². The Bertz CT molecular complexity index is 505. The van der Waals surface area contributed by atoms with Crippen LogP contribution >= 0.6 is 0 Å². The van der Waals surface area contributed by atoms with Crippen molar-refractivity contribution in [3.63, 3.8) is 0 Å². The van der Waals surface area contributed by atoms with Gasteiger partial charge in [0, 0.05) is 11.6 Å². The average molecular weight is 285 g/mol. The zero-order chi connectivity index (χ0) is 14.7. The Hall–Kier alpha value is -1.77. The number of nitrogens with one attached hydrogen (secondary N) is 1. The molecule has 1 aromatic carbocycles. The molecule has 3 rings (SSSR count). The van der Waals surface area contributed by atoms with Gasteiger partial charge in [0.05, 0.1) is 6.61 Å². The van der Waals surface area contributed by atoms with Crippen LogP contribution in [0, 0.1) is 17.8 Å². The summed E-state index contributed by atoms with van der Waals surface area (Å²) in [6.45, 7) is 2.62. The Kier molecular flexibility index (Phi) is 4.28. The van der Waals surface area contributed by atoms with Crippen molar-refractivity contribution in [2.75, 3.05) is 11.9 Å². The molecule has 112 valence electrons. The molecule has 1 fully saturated rings. The smallest absolute Gasteiger partial charge is 0.228 e. The van der Waals surface area contributed by atoms with Gasteiger partial charge in [-0.05, 0) is 68.7 Å². The van der Waals surface area contributed by atoms with Gasteiger partial charge in [0.1, 0.15) is 5.75 Å². The molecule has 3 heteroatoms. The van der Waals surface area contributed by atoms with Crippen molar-refractivity contribution < 1.29 is 9.53 Å². The van der Waals surface area contributed by atoms with Crippen molar-refractivity contribution in [1.29, 1.82) is 0 Å². The number of amides is 1. The lowest BCUT2D eigenvalue weighted by atomic mass is 10.1. The summed E-state index contributed by atoms with van der Waals surface area (Å²) in [4.78, 5) is 12.4. The van der Waals surface area contributed by atoms with Crippen LogP contribution < -0.4 is 10.1 Å². The first-order valence-electron chi connectivity index (χ1n) is 7.98. The number of ether oxygens (including phenoxy) is 1. The van der Waals surface area contributed by atoms with Gasteiger partial charge in [0.15, 0.2) is 0 Å². The maximum atomic E-state index is 12.4. The molecule has 0 aliphatic heterocycles. The van der Waals surface area contributed by atoms with Gasteiger partial charge in [0.25, 0.3) is 0 Å².